The van der Waals surface area contributed by atoms with Crippen LogP contribution in [0.25, 0.3) is 11.5 Å². The third kappa shape index (κ3) is 3.68. The molecular formula is C16H19N3O2S. The van der Waals surface area contributed by atoms with Gasteiger partial charge in [0, 0.05) is 18.7 Å². The Morgan fingerprint density at radius 2 is 1.91 bits per heavy atom. The minimum absolute atomic E-state index is 0.153. The number of nitrogens with zero attached hydrogens (tertiary/aromatic N) is 3. The average molecular weight is 317 g/mol. The molecule has 0 aliphatic carbocycles. The minimum atomic E-state index is 0.153. The molecule has 116 valence electrons. The summed E-state index contributed by atoms with van der Waals surface area (Å²) in [6.45, 7) is 3.78. The van der Waals surface area contributed by atoms with Crippen molar-refractivity contribution >= 4 is 17.7 Å². The monoisotopic (exact) mass is 317 g/mol. The second-order valence-corrected chi connectivity index (χ2v) is 6.40. The maximum absolute atomic E-state index is 12.1. The van der Waals surface area contributed by atoms with E-state index in [1.165, 1.54) is 23.7 Å². The summed E-state index contributed by atoms with van der Waals surface area (Å²) in [5.41, 5.74) is 2.08. The van der Waals surface area contributed by atoms with Crippen LogP contribution in [0.5, 0.6) is 0 Å². The Bertz CT molecular complexity index is 633. The van der Waals surface area contributed by atoms with Crippen molar-refractivity contribution in [2.75, 3.05) is 18.8 Å². The van der Waals surface area contributed by atoms with Crippen LogP contribution in [0.15, 0.2) is 33.9 Å². The number of benzene rings is 1. The standard InChI is InChI=1S/C16H19N3O2S/c1-12-5-7-13(8-6-12)15-17-18-16(21-15)22-11-14(20)19-9-3-2-4-10-19/h5-8H,2-4,9-11H2,1H3. The topological polar surface area (TPSA) is 59.2 Å². The van der Waals surface area contributed by atoms with Gasteiger partial charge in [-0.05, 0) is 38.3 Å². The molecule has 22 heavy (non-hydrogen) atoms. The molecule has 1 aliphatic rings. The van der Waals surface area contributed by atoms with Crippen molar-refractivity contribution in [2.24, 2.45) is 0 Å². The fraction of sp³-hybridized carbons (Fsp3) is 0.438. The zero-order chi connectivity index (χ0) is 15.4. The summed E-state index contributed by atoms with van der Waals surface area (Å²) in [5, 5.41) is 8.50. The van der Waals surface area contributed by atoms with E-state index in [0.717, 1.165) is 31.5 Å². The van der Waals surface area contributed by atoms with Crippen molar-refractivity contribution in [3.63, 3.8) is 0 Å². The van der Waals surface area contributed by atoms with Gasteiger partial charge in [-0.2, -0.15) is 0 Å². The molecule has 0 N–H and O–H groups in total. The van der Waals surface area contributed by atoms with Crippen molar-refractivity contribution < 1.29 is 9.21 Å². The predicted molar refractivity (Wildman–Crippen MR) is 85.6 cm³/mol. The highest BCUT2D eigenvalue weighted by Crippen LogP contribution is 2.24. The van der Waals surface area contributed by atoms with Crippen LogP contribution in [-0.2, 0) is 4.79 Å². The summed E-state index contributed by atoms with van der Waals surface area (Å²) in [6, 6.07) is 7.92. The molecule has 0 saturated carbocycles. The number of carbonyl (C=O) groups excluding carboxylic acids is 1. The summed E-state index contributed by atoms with van der Waals surface area (Å²) >= 11 is 1.31. The maximum atomic E-state index is 12.1. The highest BCUT2D eigenvalue weighted by Gasteiger charge is 2.18. The number of hydrogen-bond donors (Lipinski definition) is 0. The van der Waals surface area contributed by atoms with Crippen LogP contribution in [-0.4, -0.2) is 39.8 Å². The van der Waals surface area contributed by atoms with Crippen molar-refractivity contribution in [3.8, 4) is 11.5 Å². The van der Waals surface area contributed by atoms with Gasteiger partial charge in [-0.3, -0.25) is 4.79 Å². The lowest BCUT2D eigenvalue weighted by molar-refractivity contribution is -0.129. The minimum Gasteiger partial charge on any atom is -0.411 e. The maximum Gasteiger partial charge on any atom is 0.277 e. The first-order chi connectivity index (χ1) is 10.7. The third-order valence-electron chi connectivity index (χ3n) is 3.73. The summed E-state index contributed by atoms with van der Waals surface area (Å²) in [7, 11) is 0. The average Bonchev–Trinajstić information content (AvgIpc) is 3.03. The first-order valence-corrected chi connectivity index (χ1v) is 8.52. The lowest BCUT2D eigenvalue weighted by Crippen LogP contribution is -2.36. The molecule has 1 amide bonds. The Balaban J connectivity index is 1.57. The van der Waals surface area contributed by atoms with Crippen molar-refractivity contribution in [1.29, 1.82) is 0 Å². The van der Waals surface area contributed by atoms with Crippen LogP contribution in [0.4, 0.5) is 0 Å². The van der Waals surface area contributed by atoms with E-state index in [1.54, 1.807) is 0 Å². The molecule has 3 rings (SSSR count). The molecule has 5 nitrogen and oxygen atoms in total. The van der Waals surface area contributed by atoms with Gasteiger partial charge in [0.15, 0.2) is 0 Å². The third-order valence-corrected chi connectivity index (χ3v) is 4.54. The largest absolute Gasteiger partial charge is 0.411 e. The number of aromatic nitrogens is 2. The van der Waals surface area contributed by atoms with Crippen LogP contribution >= 0.6 is 11.8 Å². The quantitative estimate of drug-likeness (QED) is 0.811. The molecule has 1 saturated heterocycles. The molecule has 1 aliphatic heterocycles. The first kappa shape index (κ1) is 15.1. The van der Waals surface area contributed by atoms with E-state index in [2.05, 4.69) is 10.2 Å². The van der Waals surface area contributed by atoms with Crippen LogP contribution in [0.2, 0.25) is 0 Å². The van der Waals surface area contributed by atoms with Crippen molar-refractivity contribution in [3.05, 3.63) is 29.8 Å². The molecular weight excluding hydrogens is 298 g/mol. The summed E-state index contributed by atoms with van der Waals surface area (Å²) < 4.78 is 5.62. The van der Waals surface area contributed by atoms with E-state index in [9.17, 15) is 4.79 Å². The number of likely N-dealkylation sites (tertiary alicyclic amines) is 1. The summed E-state index contributed by atoms with van der Waals surface area (Å²) in [6.07, 6.45) is 3.43. The molecule has 0 spiro atoms. The highest BCUT2D eigenvalue weighted by molar-refractivity contribution is 7.99. The van der Waals surface area contributed by atoms with Gasteiger partial charge in [0.2, 0.25) is 11.8 Å². The number of piperidine rings is 1. The second kappa shape index (κ2) is 6.96. The van der Waals surface area contributed by atoms with Crippen LogP contribution in [0, 0.1) is 6.92 Å². The smallest absolute Gasteiger partial charge is 0.277 e. The Kier molecular flexibility index (Phi) is 4.77. The number of carbonyl (C=O) groups is 1. The van der Waals surface area contributed by atoms with Crippen LogP contribution in [0.3, 0.4) is 0 Å². The van der Waals surface area contributed by atoms with E-state index >= 15 is 0 Å². The lowest BCUT2D eigenvalue weighted by Gasteiger charge is -2.26. The molecule has 0 unspecified atom stereocenters. The molecule has 6 heteroatoms. The Morgan fingerprint density at radius 1 is 1.18 bits per heavy atom. The highest BCUT2D eigenvalue weighted by atomic mass is 32.2. The number of amides is 1. The lowest BCUT2D eigenvalue weighted by atomic mass is 10.1. The van der Waals surface area contributed by atoms with Gasteiger partial charge in [0.05, 0.1) is 5.75 Å². The van der Waals surface area contributed by atoms with E-state index in [1.807, 2.05) is 36.1 Å². The van der Waals surface area contributed by atoms with Gasteiger partial charge < -0.3 is 9.32 Å². The van der Waals surface area contributed by atoms with Gasteiger partial charge in [-0.25, -0.2) is 0 Å². The van der Waals surface area contributed by atoms with E-state index in [4.69, 9.17) is 4.42 Å². The van der Waals surface area contributed by atoms with Crippen LogP contribution < -0.4 is 0 Å². The molecule has 1 fully saturated rings. The molecule has 1 aromatic heterocycles. The predicted octanol–water partition coefficient (Wildman–Crippen LogP) is 3.15. The van der Waals surface area contributed by atoms with E-state index in [0.29, 0.717) is 16.9 Å². The number of hydrogen-bond acceptors (Lipinski definition) is 5. The summed E-state index contributed by atoms with van der Waals surface area (Å²) in [5.74, 6) is 1.00. The number of rotatable bonds is 4. The normalized spacial score (nSPS) is 15.0. The van der Waals surface area contributed by atoms with Crippen molar-refractivity contribution in [2.45, 2.75) is 31.4 Å². The molecule has 2 heterocycles. The van der Waals surface area contributed by atoms with Gasteiger partial charge in [0.25, 0.3) is 5.22 Å². The molecule has 1 aromatic carbocycles. The molecule has 0 radical (unpaired) electrons. The number of thioether (sulfide) groups is 1. The zero-order valence-electron chi connectivity index (χ0n) is 12.6. The van der Waals surface area contributed by atoms with Crippen LogP contribution in [0.1, 0.15) is 24.8 Å². The van der Waals surface area contributed by atoms with Gasteiger partial charge in [-0.15, -0.1) is 10.2 Å². The van der Waals surface area contributed by atoms with Crippen molar-refractivity contribution in [1.82, 2.24) is 15.1 Å². The Hall–Kier alpha value is -1.82. The van der Waals surface area contributed by atoms with E-state index in [-0.39, 0.29) is 5.91 Å². The van der Waals surface area contributed by atoms with Gasteiger partial charge >= 0.3 is 0 Å². The Morgan fingerprint density at radius 3 is 2.64 bits per heavy atom. The molecule has 0 atom stereocenters. The van der Waals surface area contributed by atoms with Gasteiger partial charge in [-0.1, -0.05) is 29.5 Å². The van der Waals surface area contributed by atoms with Gasteiger partial charge in [0.1, 0.15) is 0 Å². The summed E-state index contributed by atoms with van der Waals surface area (Å²) in [4.78, 5) is 14.0. The number of aryl methyl sites for hydroxylation is 1. The SMILES string of the molecule is Cc1ccc(-c2nnc(SCC(=O)N3CCCCC3)o2)cc1. The molecule has 0 bridgehead atoms. The first-order valence-electron chi connectivity index (χ1n) is 7.53. The Labute approximate surface area is 134 Å². The fourth-order valence-corrected chi connectivity index (χ4v) is 3.10. The van der Waals surface area contributed by atoms with E-state index < -0.39 is 0 Å². The zero-order valence-corrected chi connectivity index (χ0v) is 13.4. The second-order valence-electron chi connectivity index (χ2n) is 5.47. The molecule has 2 aromatic rings. The fourth-order valence-electron chi connectivity index (χ4n) is 2.44.